The van der Waals surface area contributed by atoms with E-state index in [0.717, 1.165) is 24.2 Å². The second-order valence-corrected chi connectivity index (χ2v) is 8.95. The standard InChI is InChI=1S/C19H16N8OS2/c28-17-15(29-18-20-22-24-26(18)13-7-3-1-4-8-13)11-12-16(17)30-19-21-23-25-27(19)14-9-5-2-6-10-14/h1-10,15-16H,11-12H2. The molecule has 2 atom stereocenters. The van der Waals surface area contributed by atoms with E-state index in [1.807, 2.05) is 60.7 Å². The van der Waals surface area contributed by atoms with E-state index in [2.05, 4.69) is 31.1 Å². The van der Waals surface area contributed by atoms with Gasteiger partial charge in [-0.15, -0.1) is 10.2 Å². The number of tetrazole rings is 2. The number of nitrogens with zero attached hydrogens (tertiary/aromatic N) is 8. The minimum Gasteiger partial charge on any atom is -0.297 e. The number of thioether (sulfide) groups is 2. The molecule has 11 heteroatoms. The molecule has 1 aliphatic rings. The van der Waals surface area contributed by atoms with E-state index in [1.165, 1.54) is 23.5 Å². The summed E-state index contributed by atoms with van der Waals surface area (Å²) in [5, 5.41) is 24.8. The molecular weight excluding hydrogens is 420 g/mol. The van der Waals surface area contributed by atoms with Gasteiger partial charge in [0.15, 0.2) is 5.78 Å². The van der Waals surface area contributed by atoms with Gasteiger partial charge in [0.05, 0.1) is 21.9 Å². The molecule has 1 aliphatic carbocycles. The molecule has 4 aromatic rings. The van der Waals surface area contributed by atoms with Crippen molar-refractivity contribution in [2.24, 2.45) is 0 Å². The number of Topliss-reactive ketones (excluding diaryl/α,β-unsaturated/α-hetero) is 1. The first-order valence-corrected chi connectivity index (χ1v) is 11.1. The summed E-state index contributed by atoms with van der Waals surface area (Å²) >= 11 is 2.82. The van der Waals surface area contributed by atoms with E-state index in [-0.39, 0.29) is 16.3 Å². The van der Waals surface area contributed by atoms with Crippen molar-refractivity contribution in [3.8, 4) is 11.4 Å². The number of rotatable bonds is 6. The number of ketones is 1. The third-order valence-corrected chi connectivity index (χ3v) is 7.14. The highest BCUT2D eigenvalue weighted by atomic mass is 32.2. The molecule has 0 N–H and O–H groups in total. The number of carbonyl (C=O) groups is 1. The summed E-state index contributed by atoms with van der Waals surface area (Å²) in [6.45, 7) is 0. The molecule has 30 heavy (non-hydrogen) atoms. The van der Waals surface area contributed by atoms with Crippen molar-refractivity contribution in [2.75, 3.05) is 0 Å². The minimum absolute atomic E-state index is 0.162. The van der Waals surface area contributed by atoms with Gasteiger partial charge in [0.1, 0.15) is 0 Å². The molecule has 0 aliphatic heterocycles. The number of hydrogen-bond donors (Lipinski definition) is 0. The van der Waals surface area contributed by atoms with E-state index in [0.29, 0.717) is 10.3 Å². The SMILES string of the molecule is O=C1C(Sc2nnnn2-c2ccccc2)CCC1Sc1nnnn1-c1ccccc1. The summed E-state index contributed by atoms with van der Waals surface area (Å²) in [6.07, 6.45) is 1.52. The number of hydrogen-bond acceptors (Lipinski definition) is 9. The second kappa shape index (κ2) is 8.36. The van der Waals surface area contributed by atoms with Crippen LogP contribution in [0.15, 0.2) is 71.0 Å². The Bertz CT molecular complexity index is 1060. The van der Waals surface area contributed by atoms with Crippen LogP contribution in [0.1, 0.15) is 12.8 Å². The Balaban J connectivity index is 1.30. The van der Waals surface area contributed by atoms with Gasteiger partial charge in [-0.25, -0.2) is 0 Å². The highest BCUT2D eigenvalue weighted by molar-refractivity contribution is 8.02. The predicted octanol–water partition coefficient (Wildman–Crippen LogP) is 2.62. The van der Waals surface area contributed by atoms with Crippen molar-refractivity contribution >= 4 is 29.3 Å². The van der Waals surface area contributed by atoms with Crippen LogP contribution < -0.4 is 0 Å². The molecule has 150 valence electrons. The summed E-state index contributed by atoms with van der Waals surface area (Å²) in [5.74, 6) is 0.162. The quantitative estimate of drug-likeness (QED) is 0.451. The lowest BCUT2D eigenvalue weighted by Crippen LogP contribution is -2.19. The first-order valence-electron chi connectivity index (χ1n) is 9.34. The third kappa shape index (κ3) is 3.73. The molecule has 0 bridgehead atoms. The van der Waals surface area contributed by atoms with Crippen LogP contribution in [0.2, 0.25) is 0 Å². The van der Waals surface area contributed by atoms with Gasteiger partial charge in [-0.2, -0.15) is 9.36 Å². The molecule has 2 aromatic carbocycles. The maximum absolute atomic E-state index is 13.1. The highest BCUT2D eigenvalue weighted by Gasteiger charge is 2.37. The van der Waals surface area contributed by atoms with Crippen LogP contribution >= 0.6 is 23.5 Å². The maximum atomic E-state index is 13.1. The maximum Gasteiger partial charge on any atom is 0.214 e. The summed E-state index contributed by atoms with van der Waals surface area (Å²) in [5.41, 5.74) is 1.73. The summed E-state index contributed by atoms with van der Waals surface area (Å²) in [6, 6.07) is 19.3. The molecule has 0 amide bonds. The van der Waals surface area contributed by atoms with E-state index < -0.39 is 0 Å². The van der Waals surface area contributed by atoms with Gasteiger partial charge in [0, 0.05) is 0 Å². The molecular formula is C19H16N8OS2. The zero-order valence-electron chi connectivity index (χ0n) is 15.6. The number of aromatic nitrogens is 8. The van der Waals surface area contributed by atoms with Crippen molar-refractivity contribution in [1.82, 2.24) is 40.4 Å². The molecule has 0 radical (unpaired) electrons. The number of benzene rings is 2. The summed E-state index contributed by atoms with van der Waals surface area (Å²) in [4.78, 5) is 13.1. The molecule has 0 saturated heterocycles. The van der Waals surface area contributed by atoms with Crippen LogP contribution in [0, 0.1) is 0 Å². The molecule has 2 unspecified atom stereocenters. The van der Waals surface area contributed by atoms with Crippen LogP contribution in [-0.4, -0.2) is 56.7 Å². The Morgan fingerprint density at radius 2 is 1.13 bits per heavy atom. The van der Waals surface area contributed by atoms with Crippen LogP contribution in [-0.2, 0) is 4.79 Å². The minimum atomic E-state index is -0.197. The molecule has 1 fully saturated rings. The van der Waals surface area contributed by atoms with Crippen LogP contribution in [0.4, 0.5) is 0 Å². The normalized spacial score (nSPS) is 18.7. The monoisotopic (exact) mass is 436 g/mol. The van der Waals surface area contributed by atoms with Gasteiger partial charge in [0.2, 0.25) is 10.3 Å². The van der Waals surface area contributed by atoms with Crippen molar-refractivity contribution in [3.63, 3.8) is 0 Å². The average Bonchev–Trinajstić information content (AvgIpc) is 3.52. The van der Waals surface area contributed by atoms with Gasteiger partial charge < -0.3 is 0 Å². The van der Waals surface area contributed by atoms with Crippen molar-refractivity contribution in [2.45, 2.75) is 33.7 Å². The summed E-state index contributed by atoms with van der Waals surface area (Å²) in [7, 11) is 0. The van der Waals surface area contributed by atoms with Gasteiger partial charge in [-0.3, -0.25) is 4.79 Å². The van der Waals surface area contributed by atoms with Gasteiger partial charge in [-0.1, -0.05) is 59.9 Å². The molecule has 1 saturated carbocycles. The lowest BCUT2D eigenvalue weighted by molar-refractivity contribution is -0.116. The van der Waals surface area contributed by atoms with Gasteiger partial charge in [-0.05, 0) is 58.0 Å². The van der Waals surface area contributed by atoms with Crippen LogP contribution in [0.3, 0.4) is 0 Å². The lowest BCUT2D eigenvalue weighted by Gasteiger charge is -2.10. The van der Waals surface area contributed by atoms with Crippen LogP contribution in [0.25, 0.3) is 11.4 Å². The van der Waals surface area contributed by atoms with E-state index in [9.17, 15) is 4.79 Å². The molecule has 2 heterocycles. The fourth-order valence-corrected chi connectivity index (χ4v) is 5.57. The van der Waals surface area contributed by atoms with Crippen LogP contribution in [0.5, 0.6) is 0 Å². The Morgan fingerprint density at radius 1 is 0.700 bits per heavy atom. The first kappa shape index (κ1) is 18.9. The Hall–Kier alpha value is -3.05. The molecule has 9 nitrogen and oxygen atoms in total. The smallest absolute Gasteiger partial charge is 0.214 e. The Kier molecular flexibility index (Phi) is 5.28. The zero-order chi connectivity index (χ0) is 20.3. The van der Waals surface area contributed by atoms with Crippen molar-refractivity contribution in [3.05, 3.63) is 60.7 Å². The predicted molar refractivity (Wildman–Crippen MR) is 112 cm³/mol. The second-order valence-electron chi connectivity index (χ2n) is 6.61. The van der Waals surface area contributed by atoms with E-state index in [4.69, 9.17) is 0 Å². The topological polar surface area (TPSA) is 104 Å². The van der Waals surface area contributed by atoms with Crippen molar-refractivity contribution < 1.29 is 4.79 Å². The summed E-state index contributed by atoms with van der Waals surface area (Å²) < 4.78 is 3.32. The fraction of sp³-hybridized carbons (Fsp3) is 0.211. The van der Waals surface area contributed by atoms with E-state index in [1.54, 1.807) is 9.36 Å². The fourth-order valence-electron chi connectivity index (χ4n) is 3.25. The molecule has 0 spiro atoms. The average molecular weight is 437 g/mol. The number of carbonyl (C=O) groups excluding carboxylic acids is 1. The lowest BCUT2D eigenvalue weighted by atomic mass is 10.3. The number of para-hydroxylation sites is 2. The zero-order valence-corrected chi connectivity index (χ0v) is 17.3. The third-order valence-electron chi connectivity index (χ3n) is 4.70. The molecule has 2 aromatic heterocycles. The first-order chi connectivity index (χ1) is 14.8. The highest BCUT2D eigenvalue weighted by Crippen LogP contribution is 2.39. The van der Waals surface area contributed by atoms with E-state index >= 15 is 0 Å². The molecule has 5 rings (SSSR count). The Morgan fingerprint density at radius 3 is 1.57 bits per heavy atom. The Labute approximate surface area is 180 Å². The van der Waals surface area contributed by atoms with Gasteiger partial charge >= 0.3 is 0 Å². The van der Waals surface area contributed by atoms with Gasteiger partial charge in [0.25, 0.3) is 0 Å². The largest absolute Gasteiger partial charge is 0.297 e. The van der Waals surface area contributed by atoms with Crippen molar-refractivity contribution in [1.29, 1.82) is 0 Å².